The van der Waals surface area contributed by atoms with Crippen LogP contribution in [0.15, 0.2) is 35.1 Å². The number of ketones is 1. The van der Waals surface area contributed by atoms with Crippen LogP contribution >= 0.6 is 0 Å². The van der Waals surface area contributed by atoms with E-state index >= 15 is 0 Å². The van der Waals surface area contributed by atoms with Crippen molar-refractivity contribution in [2.75, 3.05) is 26.2 Å². The third-order valence-electron chi connectivity index (χ3n) is 6.41. The summed E-state index contributed by atoms with van der Waals surface area (Å²) in [5, 5.41) is 0. The van der Waals surface area contributed by atoms with Crippen molar-refractivity contribution < 1.29 is 14.4 Å². The number of rotatable bonds is 3. The summed E-state index contributed by atoms with van der Waals surface area (Å²) < 4.78 is 0. The molecule has 168 valence electrons. The maximum atomic E-state index is 13.0. The van der Waals surface area contributed by atoms with Gasteiger partial charge in [-0.2, -0.15) is 0 Å². The Morgan fingerprint density at radius 1 is 0.938 bits per heavy atom. The van der Waals surface area contributed by atoms with Crippen molar-refractivity contribution in [2.45, 2.75) is 40.0 Å². The van der Waals surface area contributed by atoms with Gasteiger partial charge in [-0.1, -0.05) is 32.9 Å². The standard InChI is InChI=1S/C25H29N3O4/c1-4-16-5-7-17(8-6-16)23(31)27-9-11-28(12-10-27)24(32)19-13-18-20(26-22(19)30)14-25(2,3)15-21(18)29/h5-8,13H,4,9-12,14-15H2,1-3H3,(H,26,30). The number of Topliss-reactive ketones (excluding diaryl/α,β-unsaturated/α-hetero) is 1. The number of H-pyrrole nitrogens is 1. The summed E-state index contributed by atoms with van der Waals surface area (Å²) >= 11 is 0. The number of piperazine rings is 1. The first kappa shape index (κ1) is 22.0. The number of aromatic nitrogens is 1. The van der Waals surface area contributed by atoms with E-state index in [1.54, 1.807) is 9.80 Å². The van der Waals surface area contributed by atoms with Gasteiger partial charge in [0.25, 0.3) is 17.4 Å². The molecule has 0 unspecified atom stereocenters. The number of nitrogens with one attached hydrogen (secondary N) is 1. The summed E-state index contributed by atoms with van der Waals surface area (Å²) in [5.41, 5.74) is 2.18. The Morgan fingerprint density at radius 3 is 2.12 bits per heavy atom. The lowest BCUT2D eigenvalue weighted by atomic mass is 9.75. The molecule has 2 amide bonds. The molecule has 1 aromatic carbocycles. The first-order chi connectivity index (χ1) is 15.2. The summed E-state index contributed by atoms with van der Waals surface area (Å²) in [6, 6.07) is 9.05. The van der Waals surface area contributed by atoms with Gasteiger partial charge in [-0.25, -0.2) is 0 Å². The van der Waals surface area contributed by atoms with Crippen molar-refractivity contribution in [1.29, 1.82) is 0 Å². The summed E-state index contributed by atoms with van der Waals surface area (Å²) in [6.07, 6.45) is 1.90. The number of benzene rings is 1. The zero-order valence-corrected chi connectivity index (χ0v) is 18.9. The van der Waals surface area contributed by atoms with Gasteiger partial charge in [-0.05, 0) is 42.0 Å². The number of carbonyl (C=O) groups excluding carboxylic acids is 3. The van der Waals surface area contributed by atoms with Gasteiger partial charge < -0.3 is 14.8 Å². The smallest absolute Gasteiger partial charge is 0.261 e. The van der Waals surface area contributed by atoms with Gasteiger partial charge in [0.15, 0.2) is 5.78 Å². The van der Waals surface area contributed by atoms with Crippen LogP contribution < -0.4 is 5.56 Å². The fourth-order valence-corrected chi connectivity index (χ4v) is 4.54. The number of aromatic amines is 1. The first-order valence-electron chi connectivity index (χ1n) is 11.2. The number of nitrogens with zero attached hydrogens (tertiary/aromatic N) is 2. The van der Waals surface area contributed by atoms with Crippen LogP contribution in [0.1, 0.15) is 69.5 Å². The van der Waals surface area contributed by atoms with Gasteiger partial charge in [-0.3, -0.25) is 19.2 Å². The Bertz CT molecular complexity index is 1120. The molecule has 0 saturated carbocycles. The van der Waals surface area contributed by atoms with Crippen LogP contribution in [0.4, 0.5) is 0 Å². The quantitative estimate of drug-likeness (QED) is 0.803. The lowest BCUT2D eigenvalue weighted by Crippen LogP contribution is -2.51. The predicted octanol–water partition coefficient (Wildman–Crippen LogP) is 2.69. The number of aryl methyl sites for hydroxylation is 1. The second-order valence-electron chi connectivity index (χ2n) is 9.48. The minimum Gasteiger partial charge on any atom is -0.335 e. The second kappa shape index (κ2) is 8.37. The van der Waals surface area contributed by atoms with Crippen LogP contribution in [0.3, 0.4) is 0 Å². The van der Waals surface area contributed by atoms with Crippen molar-refractivity contribution in [1.82, 2.24) is 14.8 Å². The second-order valence-corrected chi connectivity index (χ2v) is 9.48. The maximum Gasteiger partial charge on any atom is 0.261 e. The van der Waals surface area contributed by atoms with E-state index < -0.39 is 11.5 Å². The molecule has 0 bridgehead atoms. The van der Waals surface area contributed by atoms with Crippen LogP contribution in [0, 0.1) is 5.41 Å². The van der Waals surface area contributed by atoms with Gasteiger partial charge >= 0.3 is 0 Å². The molecular formula is C25H29N3O4. The number of pyridine rings is 1. The number of hydrogen-bond donors (Lipinski definition) is 1. The van der Waals surface area contributed by atoms with Crippen LogP contribution in [-0.4, -0.2) is 58.6 Å². The molecule has 1 saturated heterocycles. The number of fused-ring (bicyclic) bond motifs is 1. The van der Waals surface area contributed by atoms with Gasteiger partial charge in [0, 0.05) is 49.4 Å². The molecule has 0 radical (unpaired) electrons. The molecule has 2 aliphatic rings. The van der Waals surface area contributed by atoms with E-state index in [4.69, 9.17) is 0 Å². The minimum absolute atomic E-state index is 0.00765. The fraction of sp³-hybridized carbons (Fsp3) is 0.440. The summed E-state index contributed by atoms with van der Waals surface area (Å²) in [6.45, 7) is 7.53. The molecule has 1 fully saturated rings. The van der Waals surface area contributed by atoms with Gasteiger partial charge in [-0.15, -0.1) is 0 Å². The Balaban J connectivity index is 1.46. The van der Waals surface area contributed by atoms with E-state index in [9.17, 15) is 19.2 Å². The maximum absolute atomic E-state index is 13.0. The SMILES string of the molecule is CCc1ccc(C(=O)N2CCN(C(=O)c3cc4c([nH]c3=O)CC(C)(C)CC4=O)CC2)cc1. The van der Waals surface area contributed by atoms with Crippen LogP contribution in [-0.2, 0) is 12.8 Å². The highest BCUT2D eigenvalue weighted by Gasteiger charge is 2.34. The predicted molar refractivity (Wildman–Crippen MR) is 121 cm³/mol. The highest BCUT2D eigenvalue weighted by Crippen LogP contribution is 2.33. The molecule has 0 spiro atoms. The Labute approximate surface area is 187 Å². The molecule has 7 nitrogen and oxygen atoms in total. The van der Waals surface area contributed by atoms with Crippen LogP contribution in [0.25, 0.3) is 0 Å². The fourth-order valence-electron chi connectivity index (χ4n) is 4.54. The third-order valence-corrected chi connectivity index (χ3v) is 6.41. The minimum atomic E-state index is -0.464. The molecule has 0 atom stereocenters. The molecule has 2 aromatic rings. The molecule has 1 aromatic heterocycles. The number of amides is 2. The third kappa shape index (κ3) is 4.24. The van der Waals surface area contributed by atoms with Crippen molar-refractivity contribution in [3.63, 3.8) is 0 Å². The van der Waals surface area contributed by atoms with Crippen molar-refractivity contribution in [3.05, 3.63) is 68.6 Å². The number of carbonyl (C=O) groups is 3. The molecule has 7 heteroatoms. The monoisotopic (exact) mass is 435 g/mol. The molecule has 1 aliphatic heterocycles. The van der Waals surface area contributed by atoms with Crippen molar-refractivity contribution in [3.8, 4) is 0 Å². The molecule has 2 heterocycles. The normalized spacial score (nSPS) is 17.8. The van der Waals surface area contributed by atoms with E-state index in [0.717, 1.165) is 6.42 Å². The Hall–Kier alpha value is -3.22. The lowest BCUT2D eigenvalue weighted by Gasteiger charge is -2.35. The van der Waals surface area contributed by atoms with Crippen molar-refractivity contribution >= 4 is 17.6 Å². The van der Waals surface area contributed by atoms with Gasteiger partial charge in [0.1, 0.15) is 5.56 Å². The molecular weight excluding hydrogens is 406 g/mol. The van der Waals surface area contributed by atoms with E-state index in [-0.39, 0.29) is 22.7 Å². The van der Waals surface area contributed by atoms with E-state index in [2.05, 4.69) is 11.9 Å². The summed E-state index contributed by atoms with van der Waals surface area (Å²) in [4.78, 5) is 57.1. The average molecular weight is 436 g/mol. The molecule has 32 heavy (non-hydrogen) atoms. The van der Waals surface area contributed by atoms with Crippen molar-refractivity contribution in [2.24, 2.45) is 5.41 Å². The van der Waals surface area contributed by atoms with E-state index in [1.165, 1.54) is 11.6 Å². The summed E-state index contributed by atoms with van der Waals surface area (Å²) in [5.74, 6) is -0.503. The average Bonchev–Trinajstić information content (AvgIpc) is 2.77. The molecule has 1 aliphatic carbocycles. The number of hydrogen-bond acceptors (Lipinski definition) is 4. The van der Waals surface area contributed by atoms with Crippen LogP contribution in [0.2, 0.25) is 0 Å². The van der Waals surface area contributed by atoms with E-state index in [0.29, 0.717) is 55.8 Å². The van der Waals surface area contributed by atoms with Gasteiger partial charge in [0.05, 0.1) is 0 Å². The van der Waals surface area contributed by atoms with Gasteiger partial charge in [0.2, 0.25) is 0 Å². The highest BCUT2D eigenvalue weighted by molar-refractivity contribution is 6.02. The Morgan fingerprint density at radius 2 is 1.53 bits per heavy atom. The molecule has 4 rings (SSSR count). The van der Waals surface area contributed by atoms with E-state index in [1.807, 2.05) is 38.1 Å². The van der Waals surface area contributed by atoms with Crippen LogP contribution in [0.5, 0.6) is 0 Å². The lowest BCUT2D eigenvalue weighted by molar-refractivity contribution is 0.0534. The largest absolute Gasteiger partial charge is 0.335 e. The zero-order valence-electron chi connectivity index (χ0n) is 18.9. The Kier molecular flexibility index (Phi) is 5.75. The highest BCUT2D eigenvalue weighted by atomic mass is 16.2. The zero-order chi connectivity index (χ0) is 23.0. The topological polar surface area (TPSA) is 90.6 Å². The first-order valence-corrected chi connectivity index (χ1v) is 11.2. The summed E-state index contributed by atoms with van der Waals surface area (Å²) in [7, 11) is 0. The molecule has 1 N–H and O–H groups in total.